The van der Waals surface area contributed by atoms with Crippen LogP contribution in [-0.4, -0.2) is 22.2 Å². The molecule has 0 bridgehead atoms. The summed E-state index contributed by atoms with van der Waals surface area (Å²) in [6.45, 7) is 3.93. The molecule has 0 saturated heterocycles. The van der Waals surface area contributed by atoms with Crippen molar-refractivity contribution in [2.45, 2.75) is 20.3 Å². The van der Waals surface area contributed by atoms with Gasteiger partial charge in [0.2, 0.25) is 0 Å². The Kier molecular flexibility index (Phi) is 3.85. The maximum absolute atomic E-state index is 6.13. The summed E-state index contributed by atoms with van der Waals surface area (Å²) in [7, 11) is 1.60. The number of nitrogens with one attached hydrogen (secondary N) is 1. The zero-order valence-electron chi connectivity index (χ0n) is 12.5. The summed E-state index contributed by atoms with van der Waals surface area (Å²) in [4.78, 5) is 8.39. The largest absolute Gasteiger partial charge is 0.495 e. The minimum atomic E-state index is 0.457. The zero-order chi connectivity index (χ0) is 15.7. The second kappa shape index (κ2) is 5.81. The Bertz CT molecular complexity index is 832. The van der Waals surface area contributed by atoms with E-state index in [1.807, 2.05) is 19.9 Å². The van der Waals surface area contributed by atoms with Gasteiger partial charge in [-0.1, -0.05) is 23.7 Å². The van der Waals surface area contributed by atoms with Gasteiger partial charge < -0.3 is 14.6 Å². The Morgan fingerprint density at radius 3 is 2.86 bits per heavy atom. The van der Waals surface area contributed by atoms with Crippen molar-refractivity contribution in [1.29, 1.82) is 0 Å². The summed E-state index contributed by atoms with van der Waals surface area (Å²) in [5, 5.41) is 8.71. The lowest BCUT2D eigenvalue weighted by Crippen LogP contribution is -1.99. The number of fused-ring (bicyclic) bond motifs is 1. The highest BCUT2D eigenvalue weighted by Gasteiger charge is 2.16. The maximum atomic E-state index is 6.13. The Morgan fingerprint density at radius 1 is 1.32 bits per heavy atom. The summed E-state index contributed by atoms with van der Waals surface area (Å²) < 4.78 is 10.6. The van der Waals surface area contributed by atoms with Gasteiger partial charge in [-0.05, 0) is 25.0 Å². The number of aryl methyl sites for hydroxylation is 2. The molecule has 6 nitrogen and oxygen atoms in total. The van der Waals surface area contributed by atoms with E-state index in [0.717, 1.165) is 28.8 Å². The Morgan fingerprint density at radius 2 is 2.14 bits per heavy atom. The fourth-order valence-electron chi connectivity index (χ4n) is 2.24. The molecule has 0 aliphatic rings. The van der Waals surface area contributed by atoms with Crippen LogP contribution in [0.4, 0.5) is 11.5 Å². The van der Waals surface area contributed by atoms with Gasteiger partial charge in [0.1, 0.15) is 23.3 Å². The minimum Gasteiger partial charge on any atom is -0.495 e. The Hall–Kier alpha value is -2.34. The molecule has 0 radical (unpaired) electrons. The van der Waals surface area contributed by atoms with Crippen molar-refractivity contribution >= 4 is 34.2 Å². The molecule has 0 aliphatic carbocycles. The number of halogens is 1. The summed E-state index contributed by atoms with van der Waals surface area (Å²) >= 11 is 6.13. The Balaban J connectivity index is 2.11. The standard InChI is InChI=1S/C15H15ClN4O2/c1-4-10-13-14(17-7-18-15(13)22-20-10)19-11-5-8(2)9(16)6-12(11)21-3/h5-7H,4H2,1-3H3,(H,17,18,19). The maximum Gasteiger partial charge on any atom is 0.263 e. The molecule has 7 heteroatoms. The molecule has 1 aromatic carbocycles. The van der Waals surface area contributed by atoms with Crippen LogP contribution in [0.15, 0.2) is 23.0 Å². The first kappa shape index (κ1) is 14.6. The van der Waals surface area contributed by atoms with Crippen LogP contribution in [0.1, 0.15) is 18.2 Å². The average Bonchev–Trinajstić information content (AvgIpc) is 2.95. The first-order valence-electron chi connectivity index (χ1n) is 6.84. The van der Waals surface area contributed by atoms with Gasteiger partial charge in [-0.2, -0.15) is 4.98 Å². The summed E-state index contributed by atoms with van der Waals surface area (Å²) in [6, 6.07) is 3.68. The van der Waals surface area contributed by atoms with Gasteiger partial charge in [-0.3, -0.25) is 0 Å². The van der Waals surface area contributed by atoms with Crippen LogP contribution in [0.3, 0.4) is 0 Å². The van der Waals surface area contributed by atoms with Crippen LogP contribution in [-0.2, 0) is 6.42 Å². The van der Waals surface area contributed by atoms with Crippen molar-refractivity contribution in [1.82, 2.24) is 15.1 Å². The zero-order valence-corrected chi connectivity index (χ0v) is 13.2. The minimum absolute atomic E-state index is 0.457. The third-order valence-corrected chi connectivity index (χ3v) is 3.82. The number of hydrogen-bond donors (Lipinski definition) is 1. The second-order valence-electron chi connectivity index (χ2n) is 4.81. The first-order chi connectivity index (χ1) is 10.6. The molecule has 1 N–H and O–H groups in total. The predicted octanol–water partition coefficient (Wildman–Crippen LogP) is 3.89. The van der Waals surface area contributed by atoms with Crippen molar-refractivity contribution in [2.75, 3.05) is 12.4 Å². The number of rotatable bonds is 4. The van der Waals surface area contributed by atoms with Crippen molar-refractivity contribution in [3.63, 3.8) is 0 Å². The van der Waals surface area contributed by atoms with E-state index in [4.69, 9.17) is 20.9 Å². The summed E-state index contributed by atoms with van der Waals surface area (Å²) in [5.74, 6) is 1.26. The highest BCUT2D eigenvalue weighted by Crippen LogP contribution is 2.34. The van der Waals surface area contributed by atoms with Gasteiger partial charge in [0.05, 0.1) is 18.5 Å². The highest BCUT2D eigenvalue weighted by molar-refractivity contribution is 6.31. The number of methoxy groups -OCH3 is 1. The molecule has 22 heavy (non-hydrogen) atoms. The van der Waals surface area contributed by atoms with Gasteiger partial charge >= 0.3 is 0 Å². The fourth-order valence-corrected chi connectivity index (χ4v) is 2.39. The lowest BCUT2D eigenvalue weighted by Gasteiger charge is -2.13. The lowest BCUT2D eigenvalue weighted by atomic mass is 10.2. The van der Waals surface area contributed by atoms with Crippen LogP contribution < -0.4 is 10.1 Å². The molecule has 0 aliphatic heterocycles. The van der Waals surface area contributed by atoms with E-state index in [9.17, 15) is 0 Å². The number of aromatic nitrogens is 3. The third kappa shape index (κ3) is 2.46. The fraction of sp³-hybridized carbons (Fsp3) is 0.267. The molecule has 114 valence electrons. The van der Waals surface area contributed by atoms with Gasteiger partial charge in [-0.15, -0.1) is 0 Å². The number of hydrogen-bond acceptors (Lipinski definition) is 6. The van der Waals surface area contributed by atoms with Crippen molar-refractivity contribution in [2.24, 2.45) is 0 Å². The number of nitrogens with zero attached hydrogens (tertiary/aromatic N) is 3. The third-order valence-electron chi connectivity index (χ3n) is 3.41. The van der Waals surface area contributed by atoms with E-state index >= 15 is 0 Å². The van der Waals surface area contributed by atoms with Crippen LogP contribution in [0.25, 0.3) is 11.1 Å². The van der Waals surface area contributed by atoms with E-state index in [-0.39, 0.29) is 0 Å². The van der Waals surface area contributed by atoms with Gasteiger partial charge in [0.25, 0.3) is 5.71 Å². The molecule has 0 amide bonds. The second-order valence-corrected chi connectivity index (χ2v) is 5.22. The summed E-state index contributed by atoms with van der Waals surface area (Å²) in [5.41, 5.74) is 2.98. The van der Waals surface area contributed by atoms with Crippen LogP contribution in [0, 0.1) is 6.92 Å². The number of anilines is 2. The summed E-state index contributed by atoms with van der Waals surface area (Å²) in [6.07, 6.45) is 2.16. The van der Waals surface area contributed by atoms with Gasteiger partial charge in [0, 0.05) is 11.1 Å². The topological polar surface area (TPSA) is 73.1 Å². The quantitative estimate of drug-likeness (QED) is 0.786. The molecule has 2 heterocycles. The normalized spacial score (nSPS) is 10.9. The SMILES string of the molecule is CCc1noc2ncnc(Nc3cc(C)c(Cl)cc3OC)c12. The van der Waals surface area contributed by atoms with Crippen molar-refractivity contribution < 1.29 is 9.26 Å². The lowest BCUT2D eigenvalue weighted by molar-refractivity contribution is 0.416. The van der Waals surface area contributed by atoms with Crippen LogP contribution in [0.2, 0.25) is 5.02 Å². The van der Waals surface area contributed by atoms with Crippen LogP contribution >= 0.6 is 11.6 Å². The molecule has 0 fully saturated rings. The molecule has 0 atom stereocenters. The molecule has 3 rings (SSSR count). The van der Waals surface area contributed by atoms with E-state index in [1.165, 1.54) is 6.33 Å². The molecule has 2 aromatic heterocycles. The van der Waals surface area contributed by atoms with Gasteiger partial charge in [0.15, 0.2) is 0 Å². The Labute approximate surface area is 132 Å². The predicted molar refractivity (Wildman–Crippen MR) is 85.0 cm³/mol. The van der Waals surface area contributed by atoms with Crippen molar-refractivity contribution in [3.05, 3.63) is 34.7 Å². The molecule has 0 saturated carbocycles. The number of ether oxygens (including phenoxy) is 1. The first-order valence-corrected chi connectivity index (χ1v) is 7.22. The van der Waals surface area contributed by atoms with E-state index in [1.54, 1.807) is 13.2 Å². The molecule has 0 unspecified atom stereocenters. The van der Waals surface area contributed by atoms with Gasteiger partial charge in [-0.25, -0.2) is 4.98 Å². The average molecular weight is 319 g/mol. The van der Waals surface area contributed by atoms with E-state index in [0.29, 0.717) is 22.3 Å². The molecular formula is C15H15ClN4O2. The smallest absolute Gasteiger partial charge is 0.263 e. The monoisotopic (exact) mass is 318 g/mol. The van der Waals surface area contributed by atoms with Crippen molar-refractivity contribution in [3.8, 4) is 5.75 Å². The molecular weight excluding hydrogens is 304 g/mol. The number of benzene rings is 1. The van der Waals surface area contributed by atoms with E-state index in [2.05, 4.69) is 20.4 Å². The molecule has 0 spiro atoms. The molecule has 3 aromatic rings. The van der Waals surface area contributed by atoms with E-state index < -0.39 is 0 Å². The van der Waals surface area contributed by atoms with Crippen LogP contribution in [0.5, 0.6) is 5.75 Å². The highest BCUT2D eigenvalue weighted by atomic mass is 35.5.